The highest BCUT2D eigenvalue weighted by molar-refractivity contribution is 5.79. The lowest BCUT2D eigenvalue weighted by atomic mass is 9.76. The minimum absolute atomic E-state index is 0.0328. The van der Waals surface area contributed by atoms with E-state index in [1.54, 1.807) is 0 Å². The zero-order chi connectivity index (χ0) is 23.1. The topological polar surface area (TPSA) is 49.3 Å². The second-order valence-corrected chi connectivity index (χ2v) is 9.50. The predicted octanol–water partition coefficient (Wildman–Crippen LogP) is 6.01. The molecular weight excluding hydrogens is 394 g/mol. The molecule has 0 aromatic heterocycles. The summed E-state index contributed by atoms with van der Waals surface area (Å²) in [5.74, 6) is 0.0328. The van der Waals surface area contributed by atoms with Crippen LogP contribution in [0.2, 0.25) is 0 Å². The molecular formula is C29H41NO2. The van der Waals surface area contributed by atoms with E-state index in [4.69, 9.17) is 0 Å². The highest BCUT2D eigenvalue weighted by Gasteiger charge is 2.44. The van der Waals surface area contributed by atoms with E-state index in [1.165, 1.54) is 22.3 Å². The summed E-state index contributed by atoms with van der Waals surface area (Å²) in [7, 11) is 0. The standard InChI is InChI=1S/C29H41NO2/c1-5-9-21-15-22(10-6-2)18-25(17-21)29(32,27-13-14-28(31)30-27)26-19-23(11-7-3)16-24(20-26)12-8-4/h15-20,27,32H,5-14H2,1-4H3,(H,30,31)/t27-/m1/s1. The maximum Gasteiger partial charge on any atom is 0.220 e. The number of aliphatic hydroxyl groups is 1. The van der Waals surface area contributed by atoms with E-state index in [2.05, 4.69) is 69.4 Å². The lowest BCUT2D eigenvalue weighted by molar-refractivity contribution is -0.120. The molecule has 2 N–H and O–H groups in total. The Bertz CT molecular complexity index is 809. The van der Waals surface area contributed by atoms with Crippen molar-refractivity contribution in [3.05, 3.63) is 69.8 Å². The highest BCUT2D eigenvalue weighted by atomic mass is 16.3. The van der Waals surface area contributed by atoms with Gasteiger partial charge in [0.15, 0.2) is 0 Å². The van der Waals surface area contributed by atoms with Crippen LogP contribution in [0.25, 0.3) is 0 Å². The molecule has 1 aliphatic rings. The number of benzene rings is 2. The van der Waals surface area contributed by atoms with Crippen LogP contribution < -0.4 is 5.32 Å². The van der Waals surface area contributed by atoms with Gasteiger partial charge in [0.2, 0.25) is 5.91 Å². The molecule has 0 saturated carbocycles. The van der Waals surface area contributed by atoms with Gasteiger partial charge in [-0.1, -0.05) is 89.8 Å². The Kier molecular flexibility index (Phi) is 8.53. The molecule has 0 aliphatic carbocycles. The molecule has 0 spiro atoms. The van der Waals surface area contributed by atoms with Gasteiger partial charge in [-0.3, -0.25) is 4.79 Å². The Morgan fingerprint density at radius 1 is 0.750 bits per heavy atom. The number of carbonyl (C=O) groups excluding carboxylic acids is 1. The number of hydrogen-bond acceptors (Lipinski definition) is 2. The molecule has 0 bridgehead atoms. The summed E-state index contributed by atoms with van der Waals surface area (Å²) >= 11 is 0. The first kappa shape index (κ1) is 24.5. The van der Waals surface area contributed by atoms with Gasteiger partial charge in [0.1, 0.15) is 5.60 Å². The maximum atomic E-state index is 12.5. The van der Waals surface area contributed by atoms with Crippen LogP contribution in [-0.4, -0.2) is 17.1 Å². The smallest absolute Gasteiger partial charge is 0.220 e. The zero-order valence-corrected chi connectivity index (χ0v) is 20.5. The van der Waals surface area contributed by atoms with Gasteiger partial charge in [-0.15, -0.1) is 0 Å². The fourth-order valence-electron chi connectivity index (χ4n) is 5.19. The van der Waals surface area contributed by atoms with Crippen molar-refractivity contribution in [1.29, 1.82) is 0 Å². The van der Waals surface area contributed by atoms with Gasteiger partial charge >= 0.3 is 0 Å². The van der Waals surface area contributed by atoms with Crippen LogP contribution in [0.5, 0.6) is 0 Å². The first-order valence-electron chi connectivity index (χ1n) is 12.7. The van der Waals surface area contributed by atoms with Gasteiger partial charge < -0.3 is 10.4 Å². The van der Waals surface area contributed by atoms with Crippen molar-refractivity contribution in [3.63, 3.8) is 0 Å². The molecule has 2 aromatic carbocycles. The first-order chi connectivity index (χ1) is 15.4. The first-order valence-corrected chi connectivity index (χ1v) is 12.7. The molecule has 0 unspecified atom stereocenters. The van der Waals surface area contributed by atoms with Gasteiger partial charge in [0.05, 0.1) is 6.04 Å². The monoisotopic (exact) mass is 435 g/mol. The van der Waals surface area contributed by atoms with Gasteiger partial charge in [0, 0.05) is 6.42 Å². The Balaban J connectivity index is 2.21. The van der Waals surface area contributed by atoms with E-state index < -0.39 is 5.60 Å². The second kappa shape index (κ2) is 11.1. The van der Waals surface area contributed by atoms with Crippen LogP contribution >= 0.6 is 0 Å². The van der Waals surface area contributed by atoms with Crippen LogP contribution in [-0.2, 0) is 36.1 Å². The minimum Gasteiger partial charge on any atom is -0.378 e. The molecule has 1 atom stereocenters. The molecule has 2 aromatic rings. The van der Waals surface area contributed by atoms with Crippen molar-refractivity contribution in [2.45, 2.75) is 104 Å². The number of carbonyl (C=O) groups is 1. The summed E-state index contributed by atoms with van der Waals surface area (Å²) in [6.07, 6.45) is 9.38. The third-order valence-corrected chi connectivity index (χ3v) is 6.64. The van der Waals surface area contributed by atoms with E-state index >= 15 is 0 Å². The molecule has 1 fully saturated rings. The van der Waals surface area contributed by atoms with Gasteiger partial charge in [-0.2, -0.15) is 0 Å². The van der Waals surface area contributed by atoms with E-state index in [0.29, 0.717) is 12.8 Å². The van der Waals surface area contributed by atoms with E-state index in [1.807, 2.05) is 0 Å². The molecule has 1 heterocycles. The van der Waals surface area contributed by atoms with E-state index in [-0.39, 0.29) is 11.9 Å². The normalized spacial score (nSPS) is 16.4. The largest absolute Gasteiger partial charge is 0.378 e. The Morgan fingerprint density at radius 3 is 1.41 bits per heavy atom. The molecule has 0 radical (unpaired) electrons. The van der Waals surface area contributed by atoms with Crippen LogP contribution in [0, 0.1) is 0 Å². The fourth-order valence-corrected chi connectivity index (χ4v) is 5.19. The Hall–Kier alpha value is -2.13. The summed E-state index contributed by atoms with van der Waals surface area (Å²) < 4.78 is 0. The van der Waals surface area contributed by atoms with Crippen molar-refractivity contribution in [2.75, 3.05) is 0 Å². The summed E-state index contributed by atoms with van der Waals surface area (Å²) in [6.45, 7) is 8.78. The average Bonchev–Trinajstić information content (AvgIpc) is 3.20. The van der Waals surface area contributed by atoms with Crippen molar-refractivity contribution in [3.8, 4) is 0 Å². The van der Waals surface area contributed by atoms with Crippen LogP contribution in [0.15, 0.2) is 36.4 Å². The van der Waals surface area contributed by atoms with E-state index in [0.717, 1.165) is 62.5 Å². The molecule has 3 nitrogen and oxygen atoms in total. The third kappa shape index (κ3) is 5.43. The van der Waals surface area contributed by atoms with Gasteiger partial charge in [-0.05, 0) is 65.5 Å². The molecule has 3 heteroatoms. The van der Waals surface area contributed by atoms with Crippen molar-refractivity contribution in [1.82, 2.24) is 5.32 Å². The molecule has 174 valence electrons. The summed E-state index contributed by atoms with van der Waals surface area (Å²) in [5.41, 5.74) is 5.71. The average molecular weight is 436 g/mol. The SMILES string of the molecule is CCCc1cc(CCC)cc(C(O)(c2cc(CCC)cc(CCC)c2)[C@H]2CCC(=O)N2)c1. The number of nitrogens with one attached hydrogen (secondary N) is 1. The van der Waals surface area contributed by atoms with Crippen LogP contribution in [0.4, 0.5) is 0 Å². The fraction of sp³-hybridized carbons (Fsp3) is 0.552. The zero-order valence-electron chi connectivity index (χ0n) is 20.5. The quantitative estimate of drug-likeness (QED) is 0.454. The molecule has 1 amide bonds. The van der Waals surface area contributed by atoms with E-state index in [9.17, 15) is 9.90 Å². The van der Waals surface area contributed by atoms with Gasteiger partial charge in [-0.25, -0.2) is 0 Å². The summed E-state index contributed by atoms with van der Waals surface area (Å²) in [4.78, 5) is 12.2. The molecule has 32 heavy (non-hydrogen) atoms. The Labute approximate surface area is 194 Å². The van der Waals surface area contributed by atoms with Crippen molar-refractivity contribution < 1.29 is 9.90 Å². The highest BCUT2D eigenvalue weighted by Crippen LogP contribution is 2.39. The van der Waals surface area contributed by atoms with Gasteiger partial charge in [0.25, 0.3) is 0 Å². The second-order valence-electron chi connectivity index (χ2n) is 9.50. The van der Waals surface area contributed by atoms with Crippen molar-refractivity contribution in [2.24, 2.45) is 0 Å². The summed E-state index contributed by atoms with van der Waals surface area (Å²) in [6, 6.07) is 13.0. The number of hydrogen-bond donors (Lipinski definition) is 2. The number of aryl methyl sites for hydroxylation is 4. The molecule has 1 aliphatic heterocycles. The maximum absolute atomic E-state index is 12.5. The molecule has 3 rings (SSSR count). The van der Waals surface area contributed by atoms with Crippen LogP contribution in [0.1, 0.15) is 99.6 Å². The van der Waals surface area contributed by atoms with Crippen LogP contribution in [0.3, 0.4) is 0 Å². The predicted molar refractivity (Wildman–Crippen MR) is 133 cm³/mol. The number of amides is 1. The Morgan fingerprint density at radius 2 is 1.12 bits per heavy atom. The number of rotatable bonds is 11. The van der Waals surface area contributed by atoms with Crippen molar-refractivity contribution >= 4 is 5.91 Å². The lowest BCUT2D eigenvalue weighted by Crippen LogP contribution is -2.47. The molecule has 1 saturated heterocycles. The lowest BCUT2D eigenvalue weighted by Gasteiger charge is -2.36. The third-order valence-electron chi connectivity index (χ3n) is 6.64. The minimum atomic E-state index is -1.23. The summed E-state index contributed by atoms with van der Waals surface area (Å²) in [5, 5.41) is 15.6.